The predicted molar refractivity (Wildman–Crippen MR) is 49.4 cm³/mol. The number of rotatable bonds is 3. The van der Waals surface area contributed by atoms with Gasteiger partial charge in [0, 0.05) is 12.0 Å². The van der Waals surface area contributed by atoms with E-state index < -0.39 is 5.97 Å². The van der Waals surface area contributed by atoms with Crippen LogP contribution in [0.15, 0.2) is 10.6 Å². The zero-order chi connectivity index (χ0) is 10.3. The summed E-state index contributed by atoms with van der Waals surface area (Å²) in [4.78, 5) is 24.0. The van der Waals surface area contributed by atoms with E-state index in [1.807, 2.05) is 0 Å². The molecule has 1 fully saturated rings. The summed E-state index contributed by atoms with van der Waals surface area (Å²) in [5.41, 5.74) is 0.0955. The molecule has 1 atom stereocenters. The molecule has 0 aromatic carbocycles. The molecule has 0 unspecified atom stereocenters. The minimum absolute atomic E-state index is 0.0150. The molecule has 2 heterocycles. The maximum absolute atomic E-state index is 11.2. The third-order valence-corrected chi connectivity index (χ3v) is 3.41. The highest BCUT2D eigenvalue weighted by atomic mass is 32.2. The molecule has 2 aliphatic rings. The average molecular weight is 215 g/mol. The fourth-order valence-electron chi connectivity index (χ4n) is 1.56. The van der Waals surface area contributed by atoms with Gasteiger partial charge in [-0.3, -0.25) is 9.69 Å². The molecule has 0 saturated carbocycles. The first kappa shape index (κ1) is 9.54. The van der Waals surface area contributed by atoms with Gasteiger partial charge in [-0.1, -0.05) is 11.8 Å². The molecule has 2 aliphatic heterocycles. The number of hydrogen-bond donors (Lipinski definition) is 1. The Hall–Kier alpha value is -1.01. The summed E-state index contributed by atoms with van der Waals surface area (Å²) >= 11 is 1.40. The van der Waals surface area contributed by atoms with E-state index in [-0.39, 0.29) is 23.6 Å². The van der Waals surface area contributed by atoms with Gasteiger partial charge in [-0.05, 0) is 0 Å². The monoisotopic (exact) mass is 215 g/mol. The Morgan fingerprint density at radius 2 is 2.50 bits per heavy atom. The molecule has 2 rings (SSSR count). The van der Waals surface area contributed by atoms with Crippen LogP contribution < -0.4 is 0 Å². The van der Waals surface area contributed by atoms with Gasteiger partial charge in [-0.25, -0.2) is 4.79 Å². The van der Waals surface area contributed by atoms with Gasteiger partial charge in [0.05, 0.1) is 18.4 Å². The molecular weight excluding hydrogens is 206 g/mol. The molecule has 1 amide bonds. The number of carbonyl (C=O) groups is 2. The van der Waals surface area contributed by atoms with Crippen LogP contribution in [-0.4, -0.2) is 41.0 Å². The molecule has 0 aliphatic carbocycles. The van der Waals surface area contributed by atoms with Gasteiger partial charge in [-0.15, -0.1) is 0 Å². The molecule has 0 bridgehead atoms. The maximum Gasteiger partial charge on any atom is 0.353 e. The third-order valence-electron chi connectivity index (χ3n) is 2.17. The van der Waals surface area contributed by atoms with Crippen molar-refractivity contribution >= 4 is 23.6 Å². The highest BCUT2D eigenvalue weighted by molar-refractivity contribution is 8.04. The first-order chi connectivity index (χ1) is 6.65. The number of thioether (sulfide) groups is 1. The molecule has 0 aromatic heterocycles. The molecule has 5 nitrogen and oxygen atoms in total. The Morgan fingerprint density at radius 3 is 3.00 bits per heavy atom. The number of carbonyl (C=O) groups excluding carboxylic acids is 1. The summed E-state index contributed by atoms with van der Waals surface area (Å²) < 4.78 is 4.89. The molecule has 1 N–H and O–H groups in total. The fraction of sp³-hybridized carbons (Fsp3) is 0.500. The number of aliphatic carboxylic acids is 1. The van der Waals surface area contributed by atoms with Gasteiger partial charge in [0.1, 0.15) is 5.70 Å². The number of amides is 1. The average Bonchev–Trinajstić information content (AvgIpc) is 2.39. The largest absolute Gasteiger partial charge is 0.477 e. The number of methoxy groups -OCH3 is 1. The lowest BCUT2D eigenvalue weighted by molar-refractivity contribution is -0.145. The Labute approximate surface area is 84.7 Å². The molecule has 0 spiro atoms. The second-order valence-electron chi connectivity index (χ2n) is 3.05. The Balaban J connectivity index is 2.28. The normalized spacial score (nSPS) is 25.1. The van der Waals surface area contributed by atoms with Gasteiger partial charge >= 0.3 is 5.97 Å². The van der Waals surface area contributed by atoms with Crippen molar-refractivity contribution in [3.05, 3.63) is 10.6 Å². The summed E-state index contributed by atoms with van der Waals surface area (Å²) in [6, 6.07) is 0. The number of ether oxygens (including phenoxy) is 1. The number of carboxylic acids is 1. The van der Waals surface area contributed by atoms with E-state index in [2.05, 4.69) is 0 Å². The van der Waals surface area contributed by atoms with E-state index in [1.165, 1.54) is 23.8 Å². The minimum atomic E-state index is -1.06. The van der Waals surface area contributed by atoms with Crippen molar-refractivity contribution in [2.75, 3.05) is 13.7 Å². The number of hydrogen-bond acceptors (Lipinski definition) is 4. The Kier molecular flexibility index (Phi) is 2.24. The SMILES string of the molecule is COCC1=C(C(=O)O)N2C(=O)C[C@H]2S1. The van der Waals surface area contributed by atoms with Crippen LogP contribution in [0.2, 0.25) is 0 Å². The Bertz CT molecular complexity index is 338. The molecule has 76 valence electrons. The van der Waals surface area contributed by atoms with Crippen LogP contribution in [0.5, 0.6) is 0 Å². The zero-order valence-electron chi connectivity index (χ0n) is 7.52. The van der Waals surface area contributed by atoms with Crippen LogP contribution in [0, 0.1) is 0 Å². The topological polar surface area (TPSA) is 66.8 Å². The fourth-order valence-corrected chi connectivity index (χ4v) is 2.93. The maximum atomic E-state index is 11.2. The molecule has 14 heavy (non-hydrogen) atoms. The van der Waals surface area contributed by atoms with Crippen molar-refractivity contribution < 1.29 is 19.4 Å². The van der Waals surface area contributed by atoms with Crippen molar-refractivity contribution in [2.45, 2.75) is 11.8 Å². The van der Waals surface area contributed by atoms with E-state index in [0.29, 0.717) is 11.3 Å². The quantitative estimate of drug-likeness (QED) is 0.683. The van der Waals surface area contributed by atoms with E-state index in [1.54, 1.807) is 0 Å². The summed E-state index contributed by atoms with van der Waals surface area (Å²) in [6.45, 7) is 0.257. The third kappa shape index (κ3) is 1.22. The predicted octanol–water partition coefficient (Wildman–Crippen LogP) is 0.234. The van der Waals surface area contributed by atoms with Gasteiger partial charge in [0.25, 0.3) is 0 Å². The van der Waals surface area contributed by atoms with Gasteiger partial charge in [0.2, 0.25) is 5.91 Å². The molecule has 6 heteroatoms. The number of carboxylic acid groups (broad SMARTS) is 1. The second-order valence-corrected chi connectivity index (χ2v) is 4.32. The van der Waals surface area contributed by atoms with Crippen LogP contribution >= 0.6 is 11.8 Å². The van der Waals surface area contributed by atoms with Crippen LogP contribution in [0.1, 0.15) is 6.42 Å². The molecular formula is C8H9NO4S. The number of β-lactam (4-membered cyclic amide) rings is 1. The van der Waals surface area contributed by atoms with E-state index >= 15 is 0 Å². The Morgan fingerprint density at radius 1 is 1.79 bits per heavy atom. The summed E-state index contributed by atoms with van der Waals surface area (Å²) in [5.74, 6) is -1.17. The highest BCUT2D eigenvalue weighted by Crippen LogP contribution is 2.45. The lowest BCUT2D eigenvalue weighted by Crippen LogP contribution is -2.48. The summed E-state index contributed by atoms with van der Waals surface area (Å²) in [6.07, 6.45) is 0.425. The van der Waals surface area contributed by atoms with Crippen molar-refractivity contribution in [3.8, 4) is 0 Å². The van der Waals surface area contributed by atoms with Crippen LogP contribution in [0.3, 0.4) is 0 Å². The van der Waals surface area contributed by atoms with Crippen molar-refractivity contribution in [1.29, 1.82) is 0 Å². The van der Waals surface area contributed by atoms with Gasteiger partial charge in [0.15, 0.2) is 0 Å². The van der Waals surface area contributed by atoms with Crippen LogP contribution in [0.4, 0.5) is 0 Å². The molecule has 0 aromatic rings. The first-order valence-electron chi connectivity index (χ1n) is 4.09. The molecule has 1 saturated heterocycles. The molecule has 0 radical (unpaired) electrons. The lowest BCUT2D eigenvalue weighted by Gasteiger charge is -2.33. The smallest absolute Gasteiger partial charge is 0.353 e. The van der Waals surface area contributed by atoms with Gasteiger partial charge < -0.3 is 9.84 Å². The second kappa shape index (κ2) is 3.29. The number of fused-ring (bicyclic) bond motifs is 1. The lowest BCUT2D eigenvalue weighted by atomic mass is 10.1. The van der Waals surface area contributed by atoms with E-state index in [9.17, 15) is 9.59 Å². The van der Waals surface area contributed by atoms with Crippen molar-refractivity contribution in [3.63, 3.8) is 0 Å². The van der Waals surface area contributed by atoms with Crippen LogP contribution in [0.25, 0.3) is 0 Å². The zero-order valence-corrected chi connectivity index (χ0v) is 8.34. The first-order valence-corrected chi connectivity index (χ1v) is 4.97. The summed E-state index contributed by atoms with van der Waals surface area (Å²) in [7, 11) is 1.50. The highest BCUT2D eigenvalue weighted by Gasteiger charge is 2.48. The summed E-state index contributed by atoms with van der Waals surface area (Å²) in [5, 5.41) is 8.91. The number of nitrogens with zero attached hydrogens (tertiary/aromatic N) is 1. The van der Waals surface area contributed by atoms with Crippen molar-refractivity contribution in [2.24, 2.45) is 0 Å². The minimum Gasteiger partial charge on any atom is -0.477 e. The van der Waals surface area contributed by atoms with Crippen molar-refractivity contribution in [1.82, 2.24) is 4.90 Å². The van der Waals surface area contributed by atoms with E-state index in [0.717, 1.165) is 0 Å². The van der Waals surface area contributed by atoms with Gasteiger partial charge in [-0.2, -0.15) is 0 Å². The van der Waals surface area contributed by atoms with Crippen LogP contribution in [-0.2, 0) is 14.3 Å². The standard InChI is InChI=1S/C8H9NO4S/c1-13-3-4-7(8(11)12)9-5(10)2-6(9)14-4/h6H,2-3H2,1H3,(H,11,12)/t6-/m1/s1. The van der Waals surface area contributed by atoms with E-state index in [4.69, 9.17) is 9.84 Å².